The molecule has 0 spiro atoms. The van der Waals surface area contributed by atoms with Crippen LogP contribution in [0.1, 0.15) is 15.9 Å². The van der Waals surface area contributed by atoms with E-state index < -0.39 is 0 Å². The van der Waals surface area contributed by atoms with Crippen molar-refractivity contribution in [3.63, 3.8) is 0 Å². The van der Waals surface area contributed by atoms with Gasteiger partial charge in [0.15, 0.2) is 5.78 Å². The molecule has 0 radical (unpaired) electrons. The first-order chi connectivity index (χ1) is 9.20. The minimum Gasteiger partial charge on any atom is -0.497 e. The highest BCUT2D eigenvalue weighted by atomic mass is 79.9. The summed E-state index contributed by atoms with van der Waals surface area (Å²) in [4.78, 5) is 12.1. The molecule has 96 valence electrons. The topological polar surface area (TPSA) is 26.3 Å². The Labute approximate surface area is 120 Å². The molecule has 0 aliphatic rings. The second-order valence-electron chi connectivity index (χ2n) is 3.96. The number of Topliss-reactive ketones (excluding diaryl/α,β-unsaturated/α-hetero) is 1. The quantitative estimate of drug-likeness (QED) is 0.620. The lowest BCUT2D eigenvalue weighted by molar-refractivity contribution is 0.104. The van der Waals surface area contributed by atoms with E-state index in [4.69, 9.17) is 4.74 Å². The molecule has 0 amide bonds. The molecule has 0 aliphatic carbocycles. The Morgan fingerprint density at radius 2 is 1.68 bits per heavy atom. The van der Waals surface area contributed by atoms with Gasteiger partial charge < -0.3 is 4.74 Å². The summed E-state index contributed by atoms with van der Waals surface area (Å²) >= 11 is 3.33. The maximum absolute atomic E-state index is 12.1. The van der Waals surface area contributed by atoms with Gasteiger partial charge >= 0.3 is 0 Å². The predicted octanol–water partition coefficient (Wildman–Crippen LogP) is 4.31. The summed E-state index contributed by atoms with van der Waals surface area (Å²) in [5.41, 5.74) is 1.61. The molecule has 2 rings (SSSR count). The number of allylic oxidation sites excluding steroid dienone is 1. The fraction of sp³-hybridized carbons (Fsp3) is 0.0625. The van der Waals surface area contributed by atoms with E-state index in [-0.39, 0.29) is 5.78 Å². The Balaban J connectivity index is 2.20. The van der Waals surface area contributed by atoms with Gasteiger partial charge in [0.05, 0.1) is 11.6 Å². The lowest BCUT2D eigenvalue weighted by atomic mass is 10.1. The van der Waals surface area contributed by atoms with Crippen LogP contribution in [0, 0.1) is 0 Å². The first kappa shape index (κ1) is 13.6. The molecule has 0 N–H and O–H groups in total. The first-order valence-corrected chi connectivity index (χ1v) is 6.61. The Hall–Kier alpha value is -1.87. The van der Waals surface area contributed by atoms with Crippen LogP contribution in [0.4, 0.5) is 0 Å². The maximum atomic E-state index is 12.1. The molecule has 0 fully saturated rings. The number of carbonyl (C=O) groups is 1. The summed E-state index contributed by atoms with van der Waals surface area (Å²) in [5, 5.41) is 0. The van der Waals surface area contributed by atoms with Crippen molar-refractivity contribution in [2.75, 3.05) is 7.11 Å². The van der Waals surface area contributed by atoms with E-state index in [1.165, 1.54) is 0 Å². The van der Waals surface area contributed by atoms with Gasteiger partial charge in [-0.15, -0.1) is 0 Å². The second kappa shape index (κ2) is 6.34. The number of methoxy groups -OCH3 is 1. The van der Waals surface area contributed by atoms with Crippen LogP contribution >= 0.6 is 15.9 Å². The van der Waals surface area contributed by atoms with Crippen molar-refractivity contribution >= 4 is 27.8 Å². The molecule has 0 unspecified atom stereocenters. The van der Waals surface area contributed by atoms with E-state index in [9.17, 15) is 4.79 Å². The molecule has 0 atom stereocenters. The zero-order chi connectivity index (χ0) is 13.7. The van der Waals surface area contributed by atoms with Crippen LogP contribution in [-0.4, -0.2) is 12.9 Å². The van der Waals surface area contributed by atoms with Crippen molar-refractivity contribution < 1.29 is 9.53 Å². The van der Waals surface area contributed by atoms with Crippen LogP contribution in [0.15, 0.2) is 59.1 Å². The molecule has 0 saturated carbocycles. The van der Waals surface area contributed by atoms with Gasteiger partial charge in [-0.05, 0) is 39.7 Å². The molecule has 2 aromatic carbocycles. The number of hydrogen-bond donors (Lipinski definition) is 0. The summed E-state index contributed by atoms with van der Waals surface area (Å²) in [7, 11) is 1.62. The number of rotatable bonds is 4. The minimum atomic E-state index is -0.0311. The third kappa shape index (κ3) is 3.55. The van der Waals surface area contributed by atoms with Crippen molar-refractivity contribution in [2.45, 2.75) is 0 Å². The number of benzene rings is 2. The molecule has 19 heavy (non-hydrogen) atoms. The third-order valence-corrected chi connectivity index (χ3v) is 3.25. The molecule has 2 aromatic rings. The van der Waals surface area contributed by atoms with Crippen molar-refractivity contribution in [1.82, 2.24) is 0 Å². The van der Waals surface area contributed by atoms with Gasteiger partial charge in [-0.3, -0.25) is 4.79 Å². The molecule has 0 bridgehead atoms. The molecule has 3 heteroatoms. The van der Waals surface area contributed by atoms with Crippen LogP contribution in [-0.2, 0) is 0 Å². The minimum absolute atomic E-state index is 0.0311. The number of carbonyl (C=O) groups excluding carboxylic acids is 1. The Morgan fingerprint density at radius 1 is 1.05 bits per heavy atom. The van der Waals surface area contributed by atoms with Gasteiger partial charge in [-0.1, -0.05) is 42.5 Å². The van der Waals surface area contributed by atoms with E-state index in [1.54, 1.807) is 25.3 Å². The average Bonchev–Trinajstić information content (AvgIpc) is 2.48. The fourth-order valence-electron chi connectivity index (χ4n) is 1.64. The van der Waals surface area contributed by atoms with Crippen LogP contribution in [0.25, 0.3) is 6.08 Å². The predicted molar refractivity (Wildman–Crippen MR) is 80.7 cm³/mol. The van der Waals surface area contributed by atoms with Gasteiger partial charge in [0.1, 0.15) is 5.75 Å². The molecule has 0 aliphatic heterocycles. The third-order valence-electron chi connectivity index (χ3n) is 2.66. The molecular formula is C16H13BrO2. The van der Waals surface area contributed by atoms with Crippen molar-refractivity contribution in [1.29, 1.82) is 0 Å². The lowest BCUT2D eigenvalue weighted by Crippen LogP contribution is -1.97. The SMILES string of the molecule is COc1ccc(/C=C(/Br)C(=O)c2ccccc2)cc1. The van der Waals surface area contributed by atoms with E-state index in [1.807, 2.05) is 42.5 Å². The number of hydrogen-bond acceptors (Lipinski definition) is 2. The zero-order valence-electron chi connectivity index (χ0n) is 10.5. The molecular weight excluding hydrogens is 304 g/mol. The van der Waals surface area contributed by atoms with Crippen molar-refractivity contribution in [2.24, 2.45) is 0 Å². The molecule has 0 saturated heterocycles. The standard InChI is InChI=1S/C16H13BrO2/c1-19-14-9-7-12(8-10-14)11-15(17)16(18)13-5-3-2-4-6-13/h2-11H,1H3/b15-11+. The Bertz CT molecular complexity index is 586. The van der Waals surface area contributed by atoms with E-state index in [0.717, 1.165) is 11.3 Å². The van der Waals surface area contributed by atoms with E-state index >= 15 is 0 Å². The summed E-state index contributed by atoms with van der Waals surface area (Å²) < 4.78 is 5.62. The highest BCUT2D eigenvalue weighted by molar-refractivity contribution is 9.12. The largest absolute Gasteiger partial charge is 0.497 e. The van der Waals surface area contributed by atoms with Crippen molar-refractivity contribution in [3.8, 4) is 5.75 Å². The van der Waals surface area contributed by atoms with Gasteiger partial charge in [-0.2, -0.15) is 0 Å². The van der Waals surface area contributed by atoms with Crippen LogP contribution in [0.3, 0.4) is 0 Å². The van der Waals surface area contributed by atoms with Crippen LogP contribution < -0.4 is 4.74 Å². The smallest absolute Gasteiger partial charge is 0.199 e. The molecule has 0 heterocycles. The number of halogens is 1. The summed E-state index contributed by atoms with van der Waals surface area (Å²) in [5.74, 6) is 0.763. The zero-order valence-corrected chi connectivity index (χ0v) is 12.1. The highest BCUT2D eigenvalue weighted by Gasteiger charge is 2.08. The molecule has 2 nitrogen and oxygen atoms in total. The fourth-order valence-corrected chi connectivity index (χ4v) is 2.13. The van der Waals surface area contributed by atoms with Crippen molar-refractivity contribution in [3.05, 3.63) is 70.2 Å². The van der Waals surface area contributed by atoms with Gasteiger partial charge in [0, 0.05) is 5.56 Å². The van der Waals surface area contributed by atoms with E-state index in [0.29, 0.717) is 10.0 Å². The van der Waals surface area contributed by atoms with Gasteiger partial charge in [-0.25, -0.2) is 0 Å². The lowest BCUT2D eigenvalue weighted by Gasteiger charge is -2.01. The summed E-state index contributed by atoms with van der Waals surface area (Å²) in [6, 6.07) is 16.7. The first-order valence-electron chi connectivity index (χ1n) is 5.81. The normalized spacial score (nSPS) is 11.2. The Morgan fingerprint density at radius 3 is 2.26 bits per heavy atom. The van der Waals surface area contributed by atoms with Gasteiger partial charge in [0.25, 0.3) is 0 Å². The summed E-state index contributed by atoms with van der Waals surface area (Å²) in [6.07, 6.45) is 1.80. The second-order valence-corrected chi connectivity index (χ2v) is 4.81. The Kier molecular flexibility index (Phi) is 4.53. The maximum Gasteiger partial charge on any atom is 0.199 e. The van der Waals surface area contributed by atoms with Gasteiger partial charge in [0.2, 0.25) is 0 Å². The van der Waals surface area contributed by atoms with E-state index in [2.05, 4.69) is 15.9 Å². The summed E-state index contributed by atoms with van der Waals surface area (Å²) in [6.45, 7) is 0. The van der Waals surface area contributed by atoms with Crippen LogP contribution in [0.2, 0.25) is 0 Å². The van der Waals surface area contributed by atoms with Crippen LogP contribution in [0.5, 0.6) is 5.75 Å². The monoisotopic (exact) mass is 316 g/mol. The number of ether oxygens (including phenoxy) is 1. The number of ketones is 1. The molecule has 0 aromatic heterocycles. The highest BCUT2D eigenvalue weighted by Crippen LogP contribution is 2.19. The average molecular weight is 317 g/mol.